The molecule has 9 heteroatoms. The molecule has 0 spiro atoms. The average molecular weight is 412 g/mol. The molecule has 1 unspecified atom stereocenters. The van der Waals surface area contributed by atoms with E-state index in [4.69, 9.17) is 5.26 Å². The molecule has 0 fully saturated rings. The summed E-state index contributed by atoms with van der Waals surface area (Å²) in [5, 5.41) is 8.73. The summed E-state index contributed by atoms with van der Waals surface area (Å²) in [6.45, 7) is 0. The quantitative estimate of drug-likeness (QED) is 0.502. The number of hydrogen-bond acceptors (Lipinski definition) is 2. The van der Waals surface area contributed by atoms with Gasteiger partial charge in [0.05, 0.1) is 17.2 Å². The van der Waals surface area contributed by atoms with Crippen molar-refractivity contribution in [1.82, 2.24) is 4.90 Å². The second-order valence-corrected chi connectivity index (χ2v) is 6.08. The number of alkyl halides is 6. The Bertz CT molecular complexity index is 939. The predicted octanol–water partition coefficient (Wildman–Crippen LogP) is 5.35. The first kappa shape index (κ1) is 22.0. The normalized spacial score (nSPS) is 13.2. The molecule has 1 atom stereocenters. The molecular formula is C20H14F6N2O. The number of carbonyl (C=O) groups is 1. The molecule has 0 aliphatic carbocycles. The maximum atomic E-state index is 13.6. The number of amides is 1. The Morgan fingerprint density at radius 2 is 1.69 bits per heavy atom. The Hall–Kier alpha value is -3.28. The Labute approximate surface area is 162 Å². The summed E-state index contributed by atoms with van der Waals surface area (Å²) in [6, 6.07) is 8.06. The number of rotatable bonds is 4. The summed E-state index contributed by atoms with van der Waals surface area (Å²) in [5.74, 6) is -1.05. The first-order valence-corrected chi connectivity index (χ1v) is 8.12. The molecular weight excluding hydrogens is 398 g/mol. The summed E-state index contributed by atoms with van der Waals surface area (Å²) >= 11 is 0. The Kier molecular flexibility index (Phi) is 6.37. The van der Waals surface area contributed by atoms with Gasteiger partial charge in [-0.3, -0.25) is 4.79 Å². The zero-order valence-corrected chi connectivity index (χ0v) is 14.9. The fourth-order valence-electron chi connectivity index (χ4n) is 2.60. The molecule has 0 N–H and O–H groups in total. The minimum atomic E-state index is -4.99. The van der Waals surface area contributed by atoms with Crippen LogP contribution in [0.25, 0.3) is 6.08 Å². The van der Waals surface area contributed by atoms with E-state index < -0.39 is 35.4 Å². The van der Waals surface area contributed by atoms with Gasteiger partial charge in [-0.25, -0.2) is 0 Å². The maximum Gasteiger partial charge on any atom is 0.416 e. The standard InChI is InChI=1S/C20H14F6N2O/c1-28(17(29)10-9-13-5-7-14(12-27)8-6-13)18(20(24,25)26)15-3-2-4-16(11-15)19(21,22)23/h2-11,18H,1H3. The molecule has 2 rings (SSSR count). The van der Waals surface area contributed by atoms with Crippen LogP contribution < -0.4 is 0 Å². The van der Waals surface area contributed by atoms with E-state index in [0.29, 0.717) is 28.2 Å². The fraction of sp³-hybridized carbons (Fsp3) is 0.200. The van der Waals surface area contributed by atoms with Crippen LogP contribution in [0.5, 0.6) is 0 Å². The van der Waals surface area contributed by atoms with Crippen molar-refractivity contribution in [3.63, 3.8) is 0 Å². The van der Waals surface area contributed by atoms with Gasteiger partial charge in [-0.1, -0.05) is 24.3 Å². The van der Waals surface area contributed by atoms with Crippen molar-refractivity contribution < 1.29 is 31.1 Å². The molecule has 0 saturated carbocycles. The lowest BCUT2D eigenvalue weighted by Crippen LogP contribution is -2.39. The van der Waals surface area contributed by atoms with Crippen LogP contribution in [-0.2, 0) is 11.0 Å². The number of likely N-dealkylation sites (N-methyl/N-ethyl adjacent to an activating group) is 1. The number of benzene rings is 2. The lowest BCUT2D eigenvalue weighted by Gasteiger charge is -2.30. The number of carbonyl (C=O) groups excluding carboxylic acids is 1. The number of nitrogens with zero attached hydrogens (tertiary/aromatic N) is 2. The second-order valence-electron chi connectivity index (χ2n) is 6.08. The van der Waals surface area contributed by atoms with Crippen molar-refractivity contribution in [2.24, 2.45) is 0 Å². The van der Waals surface area contributed by atoms with Gasteiger partial charge in [0, 0.05) is 13.1 Å². The molecule has 0 aromatic heterocycles. The third-order valence-electron chi connectivity index (χ3n) is 4.03. The third kappa shape index (κ3) is 5.60. The van der Waals surface area contributed by atoms with Crippen LogP contribution in [0.1, 0.15) is 28.3 Å². The largest absolute Gasteiger partial charge is 0.416 e. The van der Waals surface area contributed by atoms with Gasteiger partial charge in [-0.15, -0.1) is 0 Å². The van der Waals surface area contributed by atoms with E-state index >= 15 is 0 Å². The van der Waals surface area contributed by atoms with Crippen LogP contribution in [0.2, 0.25) is 0 Å². The van der Waals surface area contributed by atoms with Crippen LogP contribution >= 0.6 is 0 Å². The minimum Gasteiger partial charge on any atom is -0.326 e. The summed E-state index contributed by atoms with van der Waals surface area (Å²) in [7, 11) is 0.865. The van der Waals surface area contributed by atoms with Crippen LogP contribution in [0.15, 0.2) is 54.6 Å². The van der Waals surface area contributed by atoms with Crippen molar-refractivity contribution in [2.45, 2.75) is 18.4 Å². The monoisotopic (exact) mass is 412 g/mol. The highest BCUT2D eigenvalue weighted by Crippen LogP contribution is 2.39. The summed E-state index contributed by atoms with van der Waals surface area (Å²) in [4.78, 5) is 12.6. The van der Waals surface area contributed by atoms with E-state index in [1.165, 1.54) is 30.3 Å². The van der Waals surface area contributed by atoms with Crippen molar-refractivity contribution >= 4 is 12.0 Å². The van der Waals surface area contributed by atoms with Crippen LogP contribution in [-0.4, -0.2) is 24.0 Å². The molecule has 3 nitrogen and oxygen atoms in total. The van der Waals surface area contributed by atoms with Gasteiger partial charge in [0.15, 0.2) is 6.04 Å². The molecule has 2 aromatic rings. The summed E-state index contributed by atoms with van der Waals surface area (Å²) in [6.07, 6.45) is -7.67. The summed E-state index contributed by atoms with van der Waals surface area (Å²) < 4.78 is 79.3. The lowest BCUT2D eigenvalue weighted by molar-refractivity contribution is -0.187. The van der Waals surface area contributed by atoms with Crippen LogP contribution in [0.4, 0.5) is 26.3 Å². The minimum absolute atomic E-state index is 0.329. The van der Waals surface area contributed by atoms with Gasteiger partial charge in [0.2, 0.25) is 5.91 Å². The molecule has 0 aliphatic heterocycles. The fourth-order valence-corrected chi connectivity index (χ4v) is 2.60. The van der Waals surface area contributed by atoms with Crippen LogP contribution in [0.3, 0.4) is 0 Å². The van der Waals surface area contributed by atoms with Gasteiger partial charge < -0.3 is 4.90 Å². The molecule has 152 valence electrons. The van der Waals surface area contributed by atoms with Crippen molar-refractivity contribution in [1.29, 1.82) is 5.26 Å². The first-order valence-electron chi connectivity index (χ1n) is 8.12. The smallest absolute Gasteiger partial charge is 0.326 e. The highest BCUT2D eigenvalue weighted by molar-refractivity contribution is 5.92. The maximum absolute atomic E-state index is 13.6. The highest BCUT2D eigenvalue weighted by atomic mass is 19.4. The Morgan fingerprint density at radius 3 is 2.21 bits per heavy atom. The molecule has 2 aromatic carbocycles. The SMILES string of the molecule is CN(C(=O)C=Cc1ccc(C#N)cc1)C(c1cccc(C(F)(F)F)c1)C(F)(F)F. The average Bonchev–Trinajstić information content (AvgIpc) is 2.65. The van der Waals surface area contributed by atoms with Gasteiger partial charge in [0.1, 0.15) is 0 Å². The van der Waals surface area contributed by atoms with E-state index in [-0.39, 0.29) is 0 Å². The number of nitriles is 1. The molecule has 0 heterocycles. The summed E-state index contributed by atoms with van der Waals surface area (Å²) in [5.41, 5.74) is -1.10. The zero-order valence-electron chi connectivity index (χ0n) is 14.9. The molecule has 0 radical (unpaired) electrons. The van der Waals surface area contributed by atoms with E-state index in [1.54, 1.807) is 0 Å². The highest BCUT2D eigenvalue weighted by Gasteiger charge is 2.45. The van der Waals surface area contributed by atoms with Gasteiger partial charge in [-0.2, -0.15) is 31.6 Å². The molecule has 1 amide bonds. The predicted molar refractivity (Wildman–Crippen MR) is 93.2 cm³/mol. The molecule has 29 heavy (non-hydrogen) atoms. The zero-order chi connectivity index (χ0) is 21.8. The molecule has 0 aliphatic rings. The van der Waals surface area contributed by atoms with E-state index in [0.717, 1.165) is 25.3 Å². The molecule has 0 saturated heterocycles. The second kappa shape index (κ2) is 8.39. The topological polar surface area (TPSA) is 44.1 Å². The van der Waals surface area contributed by atoms with Crippen molar-refractivity contribution in [3.05, 3.63) is 76.9 Å². The van der Waals surface area contributed by atoms with E-state index in [2.05, 4.69) is 0 Å². The molecule has 0 bridgehead atoms. The first-order chi connectivity index (χ1) is 13.4. The Morgan fingerprint density at radius 1 is 1.07 bits per heavy atom. The van der Waals surface area contributed by atoms with Gasteiger partial charge in [0.25, 0.3) is 0 Å². The van der Waals surface area contributed by atoms with E-state index in [1.807, 2.05) is 6.07 Å². The van der Waals surface area contributed by atoms with Crippen molar-refractivity contribution in [2.75, 3.05) is 7.05 Å². The van der Waals surface area contributed by atoms with Gasteiger partial charge >= 0.3 is 12.4 Å². The van der Waals surface area contributed by atoms with Crippen molar-refractivity contribution in [3.8, 4) is 6.07 Å². The lowest BCUT2D eigenvalue weighted by atomic mass is 10.0. The third-order valence-corrected chi connectivity index (χ3v) is 4.03. The van der Waals surface area contributed by atoms with Crippen LogP contribution in [0, 0.1) is 11.3 Å². The number of halogens is 6. The van der Waals surface area contributed by atoms with E-state index in [9.17, 15) is 31.1 Å². The number of hydrogen-bond donors (Lipinski definition) is 0. The van der Waals surface area contributed by atoms with Gasteiger partial charge in [-0.05, 0) is 41.5 Å². The Balaban J connectivity index is 2.31.